The van der Waals surface area contributed by atoms with Gasteiger partial charge in [0.05, 0.1) is 4.90 Å². The molecule has 0 heterocycles. The van der Waals surface area contributed by atoms with Crippen molar-refractivity contribution in [3.8, 4) is 0 Å². The number of nitrogens with one attached hydrogen (secondary N) is 1. The number of aryl methyl sites for hydroxylation is 1. The summed E-state index contributed by atoms with van der Waals surface area (Å²) in [5, 5.41) is 7.82. The third kappa shape index (κ3) is 3.76. The maximum Gasteiger partial charge on any atom is 0.251 e. The number of primary sulfonamides is 1. The van der Waals surface area contributed by atoms with Crippen molar-refractivity contribution in [2.24, 2.45) is 10.9 Å². The van der Waals surface area contributed by atoms with Crippen molar-refractivity contribution in [1.82, 2.24) is 5.32 Å². The standard InChI is InChI=1S/C12H19N3O3S/c1-7-4-10(12(16)15-8(2)6-13)5-11(9(7)3)19(14,17)18/h4-5,8H,6,13H2,1-3H3,(H,15,16)(H2,14,17,18)/t8-/m0/s1. The number of sulfonamides is 1. The summed E-state index contributed by atoms with van der Waals surface area (Å²) in [7, 11) is -3.85. The molecule has 1 aromatic rings. The highest BCUT2D eigenvalue weighted by molar-refractivity contribution is 7.89. The van der Waals surface area contributed by atoms with Crippen molar-refractivity contribution in [2.45, 2.75) is 31.7 Å². The van der Waals surface area contributed by atoms with E-state index in [0.717, 1.165) is 0 Å². The van der Waals surface area contributed by atoms with Gasteiger partial charge in [-0.15, -0.1) is 0 Å². The predicted octanol–water partition coefficient (Wildman–Crippen LogP) is 0.0278. The van der Waals surface area contributed by atoms with Gasteiger partial charge in [-0.2, -0.15) is 0 Å². The maximum atomic E-state index is 12.0. The maximum absolute atomic E-state index is 12.0. The van der Waals surface area contributed by atoms with E-state index in [4.69, 9.17) is 10.9 Å². The third-order valence-electron chi connectivity index (χ3n) is 2.92. The Morgan fingerprint density at radius 3 is 2.42 bits per heavy atom. The molecule has 0 saturated heterocycles. The highest BCUT2D eigenvalue weighted by Gasteiger charge is 2.18. The van der Waals surface area contributed by atoms with E-state index >= 15 is 0 Å². The minimum absolute atomic E-state index is 0.0296. The van der Waals surface area contributed by atoms with Gasteiger partial charge in [0.15, 0.2) is 0 Å². The zero-order valence-electron chi connectivity index (χ0n) is 11.2. The van der Waals surface area contributed by atoms with E-state index in [0.29, 0.717) is 17.7 Å². The molecule has 0 unspecified atom stereocenters. The van der Waals surface area contributed by atoms with Crippen LogP contribution in [0, 0.1) is 13.8 Å². The summed E-state index contributed by atoms with van der Waals surface area (Å²) in [5.41, 5.74) is 6.92. The Morgan fingerprint density at radius 1 is 1.37 bits per heavy atom. The fourth-order valence-corrected chi connectivity index (χ4v) is 2.50. The van der Waals surface area contributed by atoms with Crippen LogP contribution in [0.15, 0.2) is 17.0 Å². The molecule has 0 spiro atoms. The zero-order valence-corrected chi connectivity index (χ0v) is 12.0. The highest BCUT2D eigenvalue weighted by Crippen LogP contribution is 2.20. The van der Waals surface area contributed by atoms with E-state index < -0.39 is 10.0 Å². The van der Waals surface area contributed by atoms with Crippen LogP contribution in [0.4, 0.5) is 0 Å². The van der Waals surface area contributed by atoms with Gasteiger partial charge in [0, 0.05) is 18.2 Å². The first kappa shape index (κ1) is 15.6. The SMILES string of the molecule is Cc1cc(C(=O)N[C@@H](C)CN)cc(S(N)(=O)=O)c1C. The van der Waals surface area contributed by atoms with E-state index in [1.807, 2.05) is 0 Å². The van der Waals surface area contributed by atoms with Crippen LogP contribution in [0.2, 0.25) is 0 Å². The van der Waals surface area contributed by atoms with E-state index in [-0.39, 0.29) is 22.4 Å². The number of hydrogen-bond acceptors (Lipinski definition) is 4. The Bertz CT molecular complexity index is 596. The van der Waals surface area contributed by atoms with Crippen molar-refractivity contribution in [3.05, 3.63) is 28.8 Å². The summed E-state index contributed by atoms with van der Waals surface area (Å²) in [6, 6.07) is 2.73. The van der Waals surface area contributed by atoms with Crippen LogP contribution in [0.5, 0.6) is 0 Å². The zero-order chi connectivity index (χ0) is 14.8. The summed E-state index contributed by atoms with van der Waals surface area (Å²) in [6.07, 6.45) is 0. The number of carbonyl (C=O) groups is 1. The molecule has 0 aliphatic rings. The van der Waals surface area contributed by atoms with Gasteiger partial charge in [0.2, 0.25) is 10.0 Å². The topological polar surface area (TPSA) is 115 Å². The average Bonchev–Trinajstić information content (AvgIpc) is 2.30. The second-order valence-electron chi connectivity index (χ2n) is 4.57. The Balaban J connectivity index is 3.25. The lowest BCUT2D eigenvalue weighted by Gasteiger charge is -2.14. The average molecular weight is 285 g/mol. The largest absolute Gasteiger partial charge is 0.348 e. The number of nitrogens with two attached hydrogens (primary N) is 2. The molecular weight excluding hydrogens is 266 g/mol. The first-order valence-corrected chi connectivity index (χ1v) is 7.36. The highest BCUT2D eigenvalue weighted by atomic mass is 32.2. The predicted molar refractivity (Wildman–Crippen MR) is 73.3 cm³/mol. The van der Waals surface area contributed by atoms with E-state index in [1.165, 1.54) is 6.07 Å². The Kier molecular flexibility index (Phi) is 4.67. The van der Waals surface area contributed by atoms with Crippen molar-refractivity contribution >= 4 is 15.9 Å². The Labute approximate surface area is 113 Å². The normalized spacial score (nSPS) is 13.1. The van der Waals surface area contributed by atoms with Gasteiger partial charge in [-0.1, -0.05) is 0 Å². The molecule has 0 aliphatic heterocycles. The van der Waals surface area contributed by atoms with E-state index in [2.05, 4.69) is 5.32 Å². The number of benzene rings is 1. The van der Waals surface area contributed by atoms with Gasteiger partial charge in [-0.3, -0.25) is 4.79 Å². The van der Waals surface area contributed by atoms with E-state index in [1.54, 1.807) is 26.8 Å². The lowest BCUT2D eigenvalue weighted by atomic mass is 10.1. The lowest BCUT2D eigenvalue weighted by Crippen LogP contribution is -2.37. The molecule has 1 atom stereocenters. The number of rotatable bonds is 4. The van der Waals surface area contributed by atoms with Gasteiger partial charge in [-0.05, 0) is 44.0 Å². The minimum Gasteiger partial charge on any atom is -0.348 e. The Hall–Kier alpha value is -1.44. The molecule has 5 N–H and O–H groups in total. The van der Waals surface area contributed by atoms with Crippen molar-refractivity contribution in [3.63, 3.8) is 0 Å². The van der Waals surface area contributed by atoms with Gasteiger partial charge in [0.25, 0.3) is 5.91 Å². The van der Waals surface area contributed by atoms with Crippen LogP contribution in [-0.2, 0) is 10.0 Å². The first-order valence-electron chi connectivity index (χ1n) is 5.81. The van der Waals surface area contributed by atoms with E-state index in [9.17, 15) is 13.2 Å². The summed E-state index contributed by atoms with van der Waals surface area (Å²) < 4.78 is 23.0. The van der Waals surface area contributed by atoms with Crippen LogP contribution >= 0.6 is 0 Å². The smallest absolute Gasteiger partial charge is 0.251 e. The number of hydrogen-bond donors (Lipinski definition) is 3. The third-order valence-corrected chi connectivity index (χ3v) is 3.96. The van der Waals surface area contributed by atoms with Gasteiger partial charge >= 0.3 is 0 Å². The van der Waals surface area contributed by atoms with Crippen LogP contribution in [-0.4, -0.2) is 26.9 Å². The molecule has 1 aromatic carbocycles. The van der Waals surface area contributed by atoms with Crippen LogP contribution in [0.3, 0.4) is 0 Å². The Morgan fingerprint density at radius 2 is 1.95 bits per heavy atom. The van der Waals surface area contributed by atoms with Gasteiger partial charge in [-0.25, -0.2) is 13.6 Å². The molecule has 0 fully saturated rings. The van der Waals surface area contributed by atoms with Crippen LogP contribution in [0.1, 0.15) is 28.4 Å². The summed E-state index contributed by atoms with van der Waals surface area (Å²) in [6.45, 7) is 5.45. The van der Waals surface area contributed by atoms with Crippen molar-refractivity contribution in [2.75, 3.05) is 6.54 Å². The molecule has 0 aliphatic carbocycles. The van der Waals surface area contributed by atoms with Crippen molar-refractivity contribution in [1.29, 1.82) is 0 Å². The molecule has 6 nitrogen and oxygen atoms in total. The summed E-state index contributed by atoms with van der Waals surface area (Å²) >= 11 is 0. The fraction of sp³-hybridized carbons (Fsp3) is 0.417. The molecule has 0 radical (unpaired) electrons. The second-order valence-corrected chi connectivity index (χ2v) is 6.10. The molecule has 0 aromatic heterocycles. The molecule has 1 amide bonds. The molecule has 106 valence electrons. The van der Waals surface area contributed by atoms with Crippen molar-refractivity contribution < 1.29 is 13.2 Å². The number of amides is 1. The van der Waals surface area contributed by atoms with Gasteiger partial charge in [0.1, 0.15) is 0 Å². The quantitative estimate of drug-likeness (QED) is 0.723. The second kappa shape index (κ2) is 5.68. The molecule has 0 saturated carbocycles. The molecular formula is C12H19N3O3S. The molecule has 7 heteroatoms. The van der Waals surface area contributed by atoms with Gasteiger partial charge < -0.3 is 11.1 Å². The lowest BCUT2D eigenvalue weighted by molar-refractivity contribution is 0.0941. The molecule has 0 bridgehead atoms. The molecule has 1 rings (SSSR count). The fourth-order valence-electron chi connectivity index (χ4n) is 1.62. The molecule has 19 heavy (non-hydrogen) atoms. The monoisotopic (exact) mass is 285 g/mol. The number of carbonyl (C=O) groups excluding carboxylic acids is 1. The first-order chi connectivity index (χ1) is 8.66. The summed E-state index contributed by atoms with van der Waals surface area (Å²) in [4.78, 5) is 11.9. The van der Waals surface area contributed by atoms with Crippen LogP contribution < -0.4 is 16.2 Å². The minimum atomic E-state index is -3.85. The summed E-state index contributed by atoms with van der Waals surface area (Å²) in [5.74, 6) is -0.369. The van der Waals surface area contributed by atoms with Crippen LogP contribution in [0.25, 0.3) is 0 Å².